The lowest BCUT2D eigenvalue weighted by Gasteiger charge is -2.40. The van der Waals surface area contributed by atoms with E-state index in [-0.39, 0.29) is 5.25 Å². The predicted octanol–water partition coefficient (Wildman–Crippen LogP) is 1.26. The molecule has 18 heavy (non-hydrogen) atoms. The topological polar surface area (TPSA) is 58.9 Å². The van der Waals surface area contributed by atoms with Crippen molar-refractivity contribution in [3.8, 4) is 0 Å². The van der Waals surface area contributed by atoms with Gasteiger partial charge in [0.2, 0.25) is 0 Å². The van der Waals surface area contributed by atoms with Crippen molar-refractivity contribution in [3.63, 3.8) is 0 Å². The van der Waals surface area contributed by atoms with Gasteiger partial charge in [0.05, 0.1) is 11.4 Å². The summed E-state index contributed by atoms with van der Waals surface area (Å²) in [6, 6.07) is 9.70. The van der Waals surface area contributed by atoms with Crippen LogP contribution in [0.5, 0.6) is 0 Å². The molecule has 0 spiro atoms. The highest BCUT2D eigenvalue weighted by Gasteiger charge is 2.43. The molecule has 0 saturated carbocycles. The number of ether oxygens (including phenoxy) is 2. The number of hydrogen-bond acceptors (Lipinski definition) is 5. The molecule has 1 heterocycles. The molecule has 1 aliphatic rings. The Morgan fingerprint density at radius 1 is 1.22 bits per heavy atom. The van der Waals surface area contributed by atoms with Gasteiger partial charge in [0.1, 0.15) is 12.2 Å². The van der Waals surface area contributed by atoms with E-state index in [1.807, 2.05) is 30.3 Å². The lowest BCUT2D eigenvalue weighted by molar-refractivity contribution is -0.226. The molecule has 1 saturated heterocycles. The van der Waals surface area contributed by atoms with E-state index in [2.05, 4.69) is 0 Å². The number of benzene rings is 1. The smallest absolute Gasteiger partial charge is 0.169 e. The molecule has 0 radical (unpaired) electrons. The van der Waals surface area contributed by atoms with Crippen LogP contribution in [-0.2, 0) is 9.47 Å². The SMILES string of the molecule is COC1C(O)C(C)OC(O)C1Sc1ccccc1. The van der Waals surface area contributed by atoms with Crippen molar-refractivity contribution in [2.45, 2.75) is 41.7 Å². The molecular formula is C13H18O4S. The van der Waals surface area contributed by atoms with Crippen molar-refractivity contribution in [1.29, 1.82) is 0 Å². The van der Waals surface area contributed by atoms with E-state index in [0.29, 0.717) is 0 Å². The lowest BCUT2D eigenvalue weighted by atomic mass is 10.0. The second-order valence-electron chi connectivity index (χ2n) is 4.32. The quantitative estimate of drug-likeness (QED) is 0.866. The predicted molar refractivity (Wildman–Crippen MR) is 69.4 cm³/mol. The minimum absolute atomic E-state index is 0.344. The number of methoxy groups -OCH3 is 1. The van der Waals surface area contributed by atoms with E-state index in [4.69, 9.17) is 9.47 Å². The number of rotatable bonds is 3. The minimum atomic E-state index is -0.946. The molecule has 4 nitrogen and oxygen atoms in total. The minimum Gasteiger partial charge on any atom is -0.388 e. The third-order valence-electron chi connectivity index (χ3n) is 3.06. The first-order valence-corrected chi connectivity index (χ1v) is 6.77. The van der Waals surface area contributed by atoms with Crippen molar-refractivity contribution >= 4 is 11.8 Å². The van der Waals surface area contributed by atoms with E-state index in [1.54, 1.807) is 6.92 Å². The molecular weight excluding hydrogens is 252 g/mol. The van der Waals surface area contributed by atoms with Gasteiger partial charge in [0, 0.05) is 12.0 Å². The van der Waals surface area contributed by atoms with Crippen LogP contribution in [0.1, 0.15) is 6.92 Å². The largest absolute Gasteiger partial charge is 0.388 e. The average molecular weight is 270 g/mol. The highest BCUT2D eigenvalue weighted by Crippen LogP contribution is 2.34. The van der Waals surface area contributed by atoms with Crippen LogP contribution >= 0.6 is 11.8 Å². The highest BCUT2D eigenvalue weighted by molar-refractivity contribution is 8.00. The molecule has 2 rings (SSSR count). The number of aliphatic hydroxyl groups is 2. The van der Waals surface area contributed by atoms with Crippen LogP contribution < -0.4 is 0 Å². The average Bonchev–Trinajstić information content (AvgIpc) is 2.37. The molecule has 1 aromatic carbocycles. The molecule has 0 aromatic heterocycles. The molecule has 100 valence electrons. The van der Waals surface area contributed by atoms with Crippen LogP contribution in [0.15, 0.2) is 35.2 Å². The van der Waals surface area contributed by atoms with E-state index < -0.39 is 24.6 Å². The van der Waals surface area contributed by atoms with Gasteiger partial charge < -0.3 is 19.7 Å². The molecule has 5 atom stereocenters. The Bertz CT molecular complexity index is 373. The van der Waals surface area contributed by atoms with Gasteiger partial charge in [0.25, 0.3) is 0 Å². The van der Waals surface area contributed by atoms with Crippen LogP contribution in [0.4, 0.5) is 0 Å². The third-order valence-corrected chi connectivity index (χ3v) is 4.38. The molecule has 0 amide bonds. The molecule has 2 N–H and O–H groups in total. The van der Waals surface area contributed by atoms with E-state index in [1.165, 1.54) is 18.9 Å². The van der Waals surface area contributed by atoms with Crippen molar-refractivity contribution in [2.75, 3.05) is 7.11 Å². The molecule has 1 aliphatic heterocycles. The normalized spacial score (nSPS) is 36.6. The summed E-state index contributed by atoms with van der Waals surface area (Å²) in [5.41, 5.74) is 0. The maximum atomic E-state index is 10.0. The van der Waals surface area contributed by atoms with Gasteiger partial charge in [-0.2, -0.15) is 0 Å². The Labute approximate surface area is 111 Å². The summed E-state index contributed by atoms with van der Waals surface area (Å²) in [5, 5.41) is 19.7. The lowest BCUT2D eigenvalue weighted by Crippen LogP contribution is -2.55. The molecule has 0 aliphatic carbocycles. The summed E-state index contributed by atoms with van der Waals surface area (Å²) in [7, 11) is 1.54. The number of thioether (sulfide) groups is 1. The van der Waals surface area contributed by atoms with E-state index in [0.717, 1.165) is 4.90 Å². The van der Waals surface area contributed by atoms with Crippen molar-refractivity contribution in [2.24, 2.45) is 0 Å². The zero-order valence-corrected chi connectivity index (χ0v) is 11.2. The maximum Gasteiger partial charge on any atom is 0.169 e. The Hall–Kier alpha value is -0.590. The standard InChI is InChI=1S/C13H18O4S/c1-8-10(14)11(16-2)12(13(15)17-8)18-9-6-4-3-5-7-9/h3-8,10-15H,1-2H3. The van der Waals surface area contributed by atoms with Gasteiger partial charge in [-0.3, -0.25) is 0 Å². The van der Waals surface area contributed by atoms with Crippen LogP contribution in [0.3, 0.4) is 0 Å². The molecule has 1 aromatic rings. The summed E-state index contributed by atoms with van der Waals surface area (Å²) in [6.07, 6.45) is -2.57. The second kappa shape index (κ2) is 6.04. The highest BCUT2D eigenvalue weighted by atomic mass is 32.2. The van der Waals surface area contributed by atoms with Gasteiger partial charge in [0.15, 0.2) is 6.29 Å². The van der Waals surface area contributed by atoms with Gasteiger partial charge in [-0.1, -0.05) is 18.2 Å². The third kappa shape index (κ3) is 2.87. The fourth-order valence-corrected chi connectivity index (χ4v) is 3.27. The first-order chi connectivity index (χ1) is 8.63. The van der Waals surface area contributed by atoms with Crippen LogP contribution in [0.2, 0.25) is 0 Å². The molecule has 5 unspecified atom stereocenters. The number of hydrogen-bond donors (Lipinski definition) is 2. The summed E-state index contributed by atoms with van der Waals surface area (Å²) < 4.78 is 10.6. The monoisotopic (exact) mass is 270 g/mol. The molecule has 5 heteroatoms. The second-order valence-corrected chi connectivity index (χ2v) is 5.57. The Morgan fingerprint density at radius 3 is 2.50 bits per heavy atom. The zero-order valence-electron chi connectivity index (χ0n) is 10.4. The van der Waals surface area contributed by atoms with Crippen LogP contribution in [0, 0.1) is 0 Å². The van der Waals surface area contributed by atoms with Crippen molar-refractivity contribution in [3.05, 3.63) is 30.3 Å². The van der Waals surface area contributed by atoms with Gasteiger partial charge >= 0.3 is 0 Å². The first kappa shape index (κ1) is 13.8. The Morgan fingerprint density at radius 2 is 1.89 bits per heavy atom. The molecule has 0 bridgehead atoms. The summed E-state index contributed by atoms with van der Waals surface area (Å²) in [4.78, 5) is 1.01. The fourth-order valence-electron chi connectivity index (χ4n) is 2.06. The fraction of sp³-hybridized carbons (Fsp3) is 0.538. The zero-order chi connectivity index (χ0) is 13.1. The van der Waals surface area contributed by atoms with Gasteiger partial charge in [-0.15, -0.1) is 11.8 Å². The van der Waals surface area contributed by atoms with E-state index >= 15 is 0 Å². The summed E-state index contributed by atoms with van der Waals surface area (Å²) in [5.74, 6) is 0. The van der Waals surface area contributed by atoms with Gasteiger partial charge in [-0.25, -0.2) is 0 Å². The Kier molecular flexibility index (Phi) is 4.64. The van der Waals surface area contributed by atoms with Crippen molar-refractivity contribution in [1.82, 2.24) is 0 Å². The summed E-state index contributed by atoms with van der Waals surface area (Å²) >= 11 is 1.45. The van der Waals surface area contributed by atoms with Crippen molar-refractivity contribution < 1.29 is 19.7 Å². The van der Waals surface area contributed by atoms with E-state index in [9.17, 15) is 10.2 Å². The number of aliphatic hydroxyl groups excluding tert-OH is 2. The van der Waals surface area contributed by atoms with Crippen LogP contribution in [-0.4, -0.2) is 47.2 Å². The molecule has 1 fully saturated rings. The summed E-state index contributed by atoms with van der Waals surface area (Å²) in [6.45, 7) is 1.73. The maximum absolute atomic E-state index is 10.0. The van der Waals surface area contributed by atoms with Crippen LogP contribution in [0.25, 0.3) is 0 Å². The first-order valence-electron chi connectivity index (χ1n) is 5.89. The van der Waals surface area contributed by atoms with Gasteiger partial charge in [-0.05, 0) is 19.1 Å². The Balaban J connectivity index is 2.14.